The summed E-state index contributed by atoms with van der Waals surface area (Å²) in [5, 5.41) is 29.0. The van der Waals surface area contributed by atoms with E-state index in [1.807, 2.05) is 108 Å². The molecule has 0 radical (unpaired) electrons. The van der Waals surface area contributed by atoms with Gasteiger partial charge in [0.2, 0.25) is 0 Å². The molecule has 0 amide bonds. The predicted octanol–water partition coefficient (Wildman–Crippen LogP) is 17.7. The molecule has 7 aromatic heterocycles. The van der Waals surface area contributed by atoms with Crippen molar-refractivity contribution in [1.29, 1.82) is 0 Å². The van der Waals surface area contributed by atoms with Crippen LogP contribution in [-0.2, 0) is 0 Å². The van der Waals surface area contributed by atoms with Gasteiger partial charge in [-0.05, 0) is 177 Å². The second-order valence-electron chi connectivity index (χ2n) is 27.5. The maximum atomic E-state index is 14.5. The third-order valence-corrected chi connectivity index (χ3v) is 23.0. The lowest BCUT2D eigenvalue weighted by molar-refractivity contribution is 0.587. The molecule has 0 fully saturated rings. The number of hydrogen-bond donors (Lipinski definition) is 0. The normalized spacial score (nSPS) is 15.7. The van der Waals surface area contributed by atoms with Crippen LogP contribution in [0, 0.1) is 5.92 Å². The molecule has 2 atom stereocenters. The van der Waals surface area contributed by atoms with Crippen molar-refractivity contribution in [3.8, 4) is 0 Å². The van der Waals surface area contributed by atoms with E-state index >= 15 is 0 Å². The van der Waals surface area contributed by atoms with Crippen LogP contribution in [0.25, 0.3) is 217 Å². The van der Waals surface area contributed by atoms with Crippen LogP contribution in [0.5, 0.6) is 0 Å². The molecule has 8 heterocycles. The van der Waals surface area contributed by atoms with E-state index in [1.54, 1.807) is 13.2 Å². The van der Waals surface area contributed by atoms with Crippen LogP contribution in [0.1, 0.15) is 0 Å². The van der Waals surface area contributed by atoms with E-state index in [0.717, 1.165) is 179 Å². The highest BCUT2D eigenvalue weighted by atomic mass is 16.1. The fourth-order valence-corrected chi connectivity index (χ4v) is 19.1. The summed E-state index contributed by atoms with van der Waals surface area (Å²) in [5.74, 6) is 0.0346. The number of aromatic nitrogens is 7. The van der Waals surface area contributed by atoms with Crippen molar-refractivity contribution in [3.63, 3.8) is 0 Å². The van der Waals surface area contributed by atoms with Gasteiger partial charge in [0.1, 0.15) is 22.4 Å². The fraction of sp³-hybridized carbons (Fsp3) is 0.0227. The lowest BCUT2D eigenvalue weighted by Crippen LogP contribution is -2.44. The second-order valence-corrected chi connectivity index (χ2v) is 27.5. The molecule has 12 heteroatoms. The van der Waals surface area contributed by atoms with Crippen molar-refractivity contribution in [1.82, 2.24) is 32.7 Å². The zero-order valence-corrected chi connectivity index (χ0v) is 52.5. The molecule has 2 aliphatic carbocycles. The van der Waals surface area contributed by atoms with E-state index in [1.165, 1.54) is 5.57 Å². The van der Waals surface area contributed by atoms with Crippen LogP contribution in [0.15, 0.2) is 272 Å². The Morgan fingerprint density at radius 1 is 0.290 bits per heavy atom. The van der Waals surface area contributed by atoms with E-state index < -0.39 is 0 Å². The second kappa shape index (κ2) is 17.5. The fourth-order valence-electron chi connectivity index (χ4n) is 19.1. The molecule has 3 aliphatic rings. The summed E-state index contributed by atoms with van der Waals surface area (Å²) in [6, 6.07) is 70.0. The van der Waals surface area contributed by atoms with Crippen molar-refractivity contribution in [2.24, 2.45) is 10.9 Å². The SMILES string of the molecule is O=c1c2ccc3c4ccc5c(=O)n6c7cccc8cccc(nc6c6ccc(c9ccc(c%10n1C1=CC=CC%11=CC=CC(N=%10)C%111)c2c39)c4c56)c87.O=c1c2ccc3c4ccc5c6c(ccc(c7ccc(c2c37)c2nc3cccc7cccc(c73)n12)c46)c(=O)n1c2cccc3cccc(nc51)c32. The Balaban J connectivity index is 0.000000118. The van der Waals surface area contributed by atoms with Gasteiger partial charge in [-0.15, -0.1) is 0 Å². The maximum absolute atomic E-state index is 14.5. The Labute approximate surface area is 559 Å². The van der Waals surface area contributed by atoms with Gasteiger partial charge in [0.25, 0.3) is 22.2 Å². The van der Waals surface area contributed by atoms with Crippen LogP contribution >= 0.6 is 0 Å². The highest BCUT2D eigenvalue weighted by Gasteiger charge is 2.36. The molecule has 0 spiro atoms. The van der Waals surface area contributed by atoms with Crippen LogP contribution in [0.2, 0.25) is 0 Å². The Kier molecular flexibility index (Phi) is 9.06. The van der Waals surface area contributed by atoms with Gasteiger partial charge in [0, 0.05) is 86.5 Å². The van der Waals surface area contributed by atoms with Gasteiger partial charge in [0.05, 0.1) is 45.1 Å². The number of allylic oxidation sites excluding steroid dienone is 5. The van der Waals surface area contributed by atoms with Crippen molar-refractivity contribution >= 4 is 217 Å². The molecule has 0 saturated heterocycles. The highest BCUT2D eigenvalue weighted by molar-refractivity contribution is 6.42. The molecule has 26 rings (SSSR count). The van der Waals surface area contributed by atoms with E-state index in [0.29, 0.717) is 44.0 Å². The van der Waals surface area contributed by atoms with Crippen molar-refractivity contribution < 1.29 is 0 Å². The molecule has 1 aliphatic heterocycles. The first-order valence-corrected chi connectivity index (χ1v) is 33.8. The number of fused-ring (bicyclic) bond motifs is 16. The molecule has 0 N–H and O–H groups in total. The topological polar surface area (TPSA) is 137 Å². The Morgan fingerprint density at radius 2 is 0.610 bits per heavy atom. The van der Waals surface area contributed by atoms with Gasteiger partial charge in [-0.3, -0.25) is 41.9 Å². The van der Waals surface area contributed by atoms with Crippen LogP contribution in [-0.4, -0.2) is 38.8 Å². The van der Waals surface area contributed by atoms with Crippen molar-refractivity contribution in [2.75, 3.05) is 0 Å². The molecule has 458 valence electrons. The number of nitrogens with zero attached hydrogens (tertiary/aromatic N) is 8. The summed E-state index contributed by atoms with van der Waals surface area (Å²) < 4.78 is 7.22. The molecule has 23 aromatic rings. The third kappa shape index (κ3) is 5.94. The number of pyridine rings is 4. The average molecular weight is 1280 g/mol. The zero-order valence-electron chi connectivity index (χ0n) is 52.5. The van der Waals surface area contributed by atoms with Crippen LogP contribution in [0.3, 0.4) is 0 Å². The first kappa shape index (κ1) is 51.7. The molecule has 2 unspecified atom stereocenters. The standard InChI is InChI=1S/C44H20N4O2.C44H22N4O2/c49-43-29-19-15-25-24-14-18-28-40-30(44(50)48-34-12-4-8-22-6-2-10-32(36(22)34)46-42(28)48)20-16-26(38(24)40)23-13-17-27(39(29)37(23)25)41-45-31-9-1-5-21-7-3-11-33(35(21)31)47(41)43;49-43-29-19-15-25-26-16-20-30-40-28(42-46-32-10-2-6-22-8-4-12-34(36(22)32)48(42)44(30)50)18-14-24(38(26)40)23-13-17-27(39(29)37(23)25)41-45-31-9-1-5-21-7-3-11-33(35(21)31)47(41)43/h1-20H;1-20,31,35H. The summed E-state index contributed by atoms with van der Waals surface area (Å²) in [5.41, 5.74) is 9.79. The summed E-state index contributed by atoms with van der Waals surface area (Å²) in [6.45, 7) is 0. The zero-order chi connectivity index (χ0) is 65.1. The molecule has 0 bridgehead atoms. The molecular formula is C88H42N8O4. The Hall–Kier alpha value is -13.6. The van der Waals surface area contributed by atoms with Gasteiger partial charge < -0.3 is 0 Å². The first-order valence-electron chi connectivity index (χ1n) is 33.8. The van der Waals surface area contributed by atoms with E-state index in [9.17, 15) is 19.2 Å². The smallest absolute Gasteiger partial charge is 0.264 e. The van der Waals surface area contributed by atoms with Gasteiger partial charge >= 0.3 is 0 Å². The number of hydrogen-bond acceptors (Lipinski definition) is 8. The van der Waals surface area contributed by atoms with Gasteiger partial charge in [0.15, 0.2) is 0 Å². The van der Waals surface area contributed by atoms with Gasteiger partial charge in [-0.2, -0.15) is 0 Å². The summed E-state index contributed by atoms with van der Waals surface area (Å²) in [4.78, 5) is 78.7. The van der Waals surface area contributed by atoms with Crippen LogP contribution in [0.4, 0.5) is 0 Å². The minimum Gasteiger partial charge on any atom is -0.268 e. The molecule has 100 heavy (non-hydrogen) atoms. The third-order valence-electron chi connectivity index (χ3n) is 23.0. The minimum absolute atomic E-state index is 0.0346. The quantitative estimate of drug-likeness (QED) is 0.109. The molecular weight excluding hydrogens is 1230 g/mol. The van der Waals surface area contributed by atoms with E-state index in [4.69, 9.17) is 19.9 Å². The summed E-state index contributed by atoms with van der Waals surface area (Å²) in [7, 11) is 0. The molecule has 12 nitrogen and oxygen atoms in total. The van der Waals surface area contributed by atoms with E-state index in [-0.39, 0.29) is 34.2 Å². The van der Waals surface area contributed by atoms with Gasteiger partial charge in [-0.25, -0.2) is 15.0 Å². The Bertz CT molecular complexity index is 8100. The van der Waals surface area contributed by atoms with E-state index in [2.05, 4.69) is 140 Å². The molecule has 0 saturated carbocycles. The molecule has 16 aromatic carbocycles. The van der Waals surface area contributed by atoms with Crippen molar-refractivity contribution in [3.05, 3.63) is 295 Å². The highest BCUT2D eigenvalue weighted by Crippen LogP contribution is 2.49. The first-order chi connectivity index (χ1) is 49.3. The predicted molar refractivity (Wildman–Crippen MR) is 408 cm³/mol. The monoisotopic (exact) mass is 1270 g/mol. The number of rotatable bonds is 0. The maximum Gasteiger partial charge on any atom is 0.264 e. The average Bonchev–Trinajstić information content (AvgIpc) is 0.714. The van der Waals surface area contributed by atoms with Crippen molar-refractivity contribution in [2.45, 2.75) is 6.04 Å². The lowest BCUT2D eigenvalue weighted by Gasteiger charge is -2.34. The minimum atomic E-state index is -0.0747. The summed E-state index contributed by atoms with van der Waals surface area (Å²) in [6.07, 6.45) is 12.6. The largest absolute Gasteiger partial charge is 0.268 e. The Morgan fingerprint density at radius 3 is 1.00 bits per heavy atom. The van der Waals surface area contributed by atoms with Crippen LogP contribution < -0.4 is 27.7 Å². The lowest BCUT2D eigenvalue weighted by atomic mass is 9.80. The number of benzene rings is 16. The van der Waals surface area contributed by atoms with Gasteiger partial charge in [-0.1, -0.05) is 152 Å². The summed E-state index contributed by atoms with van der Waals surface area (Å²) >= 11 is 0.